The van der Waals surface area contributed by atoms with Crippen LogP contribution in [0.3, 0.4) is 0 Å². The SMILES string of the molecule is COC(=O)C(CSc1ccccc1Br)(NC(C)C)C1CC1. The maximum Gasteiger partial charge on any atom is 0.327 e. The van der Waals surface area contributed by atoms with Crippen molar-refractivity contribution in [2.75, 3.05) is 12.9 Å². The quantitative estimate of drug-likeness (QED) is 0.583. The number of thioether (sulfide) groups is 1. The highest BCUT2D eigenvalue weighted by molar-refractivity contribution is 9.10. The Morgan fingerprint density at radius 2 is 2.14 bits per heavy atom. The topological polar surface area (TPSA) is 38.3 Å². The van der Waals surface area contributed by atoms with Gasteiger partial charge in [-0.15, -0.1) is 11.8 Å². The molecule has 0 spiro atoms. The van der Waals surface area contributed by atoms with Crippen molar-refractivity contribution >= 4 is 33.7 Å². The molecule has 1 unspecified atom stereocenters. The number of hydrogen-bond donors (Lipinski definition) is 1. The summed E-state index contributed by atoms with van der Waals surface area (Å²) in [6, 6.07) is 8.34. The van der Waals surface area contributed by atoms with E-state index in [0.717, 1.165) is 22.2 Å². The van der Waals surface area contributed by atoms with E-state index in [1.165, 1.54) is 7.11 Å². The minimum absolute atomic E-state index is 0.141. The van der Waals surface area contributed by atoms with Gasteiger partial charge in [-0.25, -0.2) is 0 Å². The van der Waals surface area contributed by atoms with Crippen LogP contribution in [0.1, 0.15) is 26.7 Å². The summed E-state index contributed by atoms with van der Waals surface area (Å²) in [5.41, 5.74) is -0.580. The Hall–Kier alpha value is -0.520. The molecule has 0 amide bonds. The first-order valence-corrected chi connectivity index (χ1v) is 9.01. The molecule has 1 aliphatic rings. The van der Waals surface area contributed by atoms with E-state index in [1.807, 2.05) is 18.2 Å². The minimum Gasteiger partial charge on any atom is -0.468 e. The Bertz CT molecular complexity index is 505. The lowest BCUT2D eigenvalue weighted by molar-refractivity contribution is -0.148. The number of nitrogens with one attached hydrogen (secondary N) is 1. The number of rotatable bonds is 7. The molecular weight excluding hydrogens is 350 g/mol. The monoisotopic (exact) mass is 371 g/mol. The lowest BCUT2D eigenvalue weighted by Gasteiger charge is -2.34. The van der Waals surface area contributed by atoms with Crippen molar-refractivity contribution in [1.82, 2.24) is 5.32 Å². The van der Waals surface area contributed by atoms with Gasteiger partial charge in [0, 0.05) is 21.2 Å². The molecule has 21 heavy (non-hydrogen) atoms. The fraction of sp³-hybridized carbons (Fsp3) is 0.562. The molecule has 0 aliphatic heterocycles. The third-order valence-electron chi connectivity index (χ3n) is 3.66. The maximum absolute atomic E-state index is 12.4. The summed E-state index contributed by atoms with van der Waals surface area (Å²) in [6.07, 6.45) is 2.18. The number of carbonyl (C=O) groups excluding carboxylic acids is 1. The molecule has 0 heterocycles. The van der Waals surface area contributed by atoms with Gasteiger partial charge in [0.25, 0.3) is 0 Å². The van der Waals surface area contributed by atoms with Crippen molar-refractivity contribution in [1.29, 1.82) is 0 Å². The number of ether oxygens (including phenoxy) is 1. The average molecular weight is 372 g/mol. The summed E-state index contributed by atoms with van der Waals surface area (Å²) in [7, 11) is 1.48. The summed E-state index contributed by atoms with van der Waals surface area (Å²) in [5, 5.41) is 3.49. The summed E-state index contributed by atoms with van der Waals surface area (Å²) >= 11 is 5.26. The van der Waals surface area contributed by atoms with Gasteiger partial charge in [-0.2, -0.15) is 0 Å². The largest absolute Gasteiger partial charge is 0.468 e. The van der Waals surface area contributed by atoms with E-state index in [2.05, 4.69) is 41.2 Å². The van der Waals surface area contributed by atoms with Gasteiger partial charge in [0.1, 0.15) is 5.54 Å². The second-order valence-corrected chi connectivity index (χ2v) is 7.63. The van der Waals surface area contributed by atoms with Crippen LogP contribution in [0, 0.1) is 5.92 Å². The van der Waals surface area contributed by atoms with Crippen LogP contribution in [0.5, 0.6) is 0 Å². The molecule has 0 saturated heterocycles. The Kier molecular flexibility index (Phi) is 5.74. The minimum atomic E-state index is -0.580. The summed E-state index contributed by atoms with van der Waals surface area (Å²) in [4.78, 5) is 13.6. The van der Waals surface area contributed by atoms with Crippen molar-refractivity contribution in [2.45, 2.75) is 43.2 Å². The molecule has 1 fully saturated rings. The van der Waals surface area contributed by atoms with Gasteiger partial charge in [-0.05, 0) is 60.7 Å². The van der Waals surface area contributed by atoms with E-state index >= 15 is 0 Å². The molecule has 1 aliphatic carbocycles. The second-order valence-electron chi connectivity index (χ2n) is 5.76. The molecule has 1 aromatic rings. The maximum atomic E-state index is 12.4. The third-order valence-corrected chi connectivity index (χ3v) is 5.88. The van der Waals surface area contributed by atoms with Crippen LogP contribution in [0.2, 0.25) is 0 Å². The molecule has 1 aromatic carbocycles. The first-order valence-electron chi connectivity index (χ1n) is 7.23. The van der Waals surface area contributed by atoms with E-state index in [1.54, 1.807) is 11.8 Å². The number of carbonyl (C=O) groups is 1. The zero-order chi connectivity index (χ0) is 15.5. The lowest BCUT2D eigenvalue weighted by atomic mass is 9.94. The van der Waals surface area contributed by atoms with E-state index in [9.17, 15) is 4.79 Å². The van der Waals surface area contributed by atoms with Gasteiger partial charge in [0.05, 0.1) is 7.11 Å². The molecule has 2 rings (SSSR count). The number of halogens is 1. The van der Waals surface area contributed by atoms with Crippen LogP contribution in [-0.2, 0) is 9.53 Å². The average Bonchev–Trinajstić information content (AvgIpc) is 3.28. The molecule has 1 N–H and O–H groups in total. The Morgan fingerprint density at radius 3 is 2.67 bits per heavy atom. The lowest BCUT2D eigenvalue weighted by Crippen LogP contribution is -2.59. The molecule has 0 radical (unpaired) electrons. The predicted molar refractivity (Wildman–Crippen MR) is 90.6 cm³/mol. The van der Waals surface area contributed by atoms with Crippen molar-refractivity contribution < 1.29 is 9.53 Å². The summed E-state index contributed by atoms with van der Waals surface area (Å²) in [5.74, 6) is 0.922. The molecule has 5 heteroatoms. The second kappa shape index (κ2) is 7.16. The van der Waals surface area contributed by atoms with Gasteiger partial charge in [-0.1, -0.05) is 12.1 Å². The predicted octanol–water partition coefficient (Wildman–Crippen LogP) is 3.86. The standard InChI is InChI=1S/C16H22BrNO2S/c1-11(2)18-16(12-8-9-12,15(19)20-3)10-21-14-7-5-4-6-13(14)17/h4-7,11-12,18H,8-10H2,1-3H3. The first kappa shape index (κ1) is 16.8. The van der Waals surface area contributed by atoms with Crippen LogP contribution in [0.15, 0.2) is 33.6 Å². The fourth-order valence-electron chi connectivity index (χ4n) is 2.59. The van der Waals surface area contributed by atoms with Crippen LogP contribution >= 0.6 is 27.7 Å². The van der Waals surface area contributed by atoms with Crippen molar-refractivity contribution in [2.24, 2.45) is 5.92 Å². The van der Waals surface area contributed by atoms with E-state index in [4.69, 9.17) is 4.74 Å². The molecule has 1 atom stereocenters. The smallest absolute Gasteiger partial charge is 0.327 e. The number of esters is 1. The number of benzene rings is 1. The van der Waals surface area contributed by atoms with Gasteiger partial charge in [-0.3, -0.25) is 10.1 Å². The number of methoxy groups -OCH3 is 1. The van der Waals surface area contributed by atoms with Crippen LogP contribution in [0.4, 0.5) is 0 Å². The van der Waals surface area contributed by atoms with Gasteiger partial charge >= 0.3 is 5.97 Å². The van der Waals surface area contributed by atoms with E-state index in [0.29, 0.717) is 11.7 Å². The van der Waals surface area contributed by atoms with Crippen molar-refractivity contribution in [3.05, 3.63) is 28.7 Å². The molecule has 1 saturated carbocycles. The van der Waals surface area contributed by atoms with Gasteiger partial charge in [0.15, 0.2) is 0 Å². The first-order chi connectivity index (χ1) is 9.99. The summed E-state index contributed by atoms with van der Waals surface area (Å²) in [6.45, 7) is 4.15. The summed E-state index contributed by atoms with van der Waals surface area (Å²) < 4.78 is 6.17. The van der Waals surface area contributed by atoms with Crippen LogP contribution in [0.25, 0.3) is 0 Å². The van der Waals surface area contributed by atoms with Crippen LogP contribution < -0.4 is 5.32 Å². The van der Waals surface area contributed by atoms with Crippen molar-refractivity contribution in [3.8, 4) is 0 Å². The Morgan fingerprint density at radius 1 is 1.48 bits per heavy atom. The van der Waals surface area contributed by atoms with E-state index < -0.39 is 5.54 Å². The molecule has 3 nitrogen and oxygen atoms in total. The highest BCUT2D eigenvalue weighted by Crippen LogP contribution is 2.44. The zero-order valence-electron chi connectivity index (χ0n) is 12.7. The highest BCUT2D eigenvalue weighted by atomic mass is 79.9. The Balaban J connectivity index is 2.19. The fourth-order valence-corrected chi connectivity index (χ4v) is 4.42. The van der Waals surface area contributed by atoms with Crippen molar-refractivity contribution in [3.63, 3.8) is 0 Å². The molecule has 116 valence electrons. The van der Waals surface area contributed by atoms with E-state index in [-0.39, 0.29) is 12.0 Å². The van der Waals surface area contributed by atoms with Gasteiger partial charge in [0.2, 0.25) is 0 Å². The third kappa shape index (κ3) is 4.02. The van der Waals surface area contributed by atoms with Gasteiger partial charge < -0.3 is 4.74 Å². The number of hydrogen-bond acceptors (Lipinski definition) is 4. The normalized spacial score (nSPS) is 17.6. The molecular formula is C16H22BrNO2S. The van der Waals surface area contributed by atoms with Crippen LogP contribution in [-0.4, -0.2) is 30.4 Å². The molecule has 0 aromatic heterocycles. The Labute approximate surface area is 139 Å². The molecule has 0 bridgehead atoms. The highest BCUT2D eigenvalue weighted by Gasteiger charge is 2.52. The zero-order valence-corrected chi connectivity index (χ0v) is 15.1.